The van der Waals surface area contributed by atoms with Gasteiger partial charge in [0.25, 0.3) is 0 Å². The fourth-order valence-electron chi connectivity index (χ4n) is 1.27. The fraction of sp³-hybridized carbons (Fsp3) is 0.750. The molecule has 0 saturated heterocycles. The van der Waals surface area contributed by atoms with E-state index in [4.69, 9.17) is 11.2 Å². The molecule has 0 bridgehead atoms. The van der Waals surface area contributed by atoms with Gasteiger partial charge in [-0.25, -0.2) is 0 Å². The summed E-state index contributed by atoms with van der Waals surface area (Å²) in [7, 11) is 0. The van der Waals surface area contributed by atoms with Gasteiger partial charge in [-0.1, -0.05) is 19.3 Å². The highest BCUT2D eigenvalue weighted by molar-refractivity contribution is 7.99. The molecule has 92 valence electrons. The third kappa shape index (κ3) is 7.61. The summed E-state index contributed by atoms with van der Waals surface area (Å²) in [4.78, 5) is 11.5. The summed E-state index contributed by atoms with van der Waals surface area (Å²) in [6, 6.07) is -0.170. The summed E-state index contributed by atoms with van der Waals surface area (Å²) >= 11 is 1.69. The number of hydrogen-bond donors (Lipinski definition) is 1. The minimum Gasteiger partial charge on any atom is -0.465 e. The molecular weight excluding hydrogens is 222 g/mol. The van der Waals surface area contributed by atoms with Crippen LogP contribution in [0.1, 0.15) is 26.7 Å². The molecule has 0 rings (SSSR count). The number of esters is 1. The van der Waals surface area contributed by atoms with Crippen LogP contribution in [-0.2, 0) is 9.53 Å². The summed E-state index contributed by atoms with van der Waals surface area (Å²) < 4.78 is 4.99. The van der Waals surface area contributed by atoms with Crippen LogP contribution in [0, 0.1) is 12.3 Å². The average molecular weight is 243 g/mol. The summed E-state index contributed by atoms with van der Waals surface area (Å²) in [5, 5.41) is 3.20. The number of ether oxygens (including phenoxy) is 1. The molecule has 0 fully saturated rings. The van der Waals surface area contributed by atoms with Crippen LogP contribution in [0.15, 0.2) is 0 Å². The van der Waals surface area contributed by atoms with Gasteiger partial charge in [0, 0.05) is 12.3 Å². The summed E-state index contributed by atoms with van der Waals surface area (Å²) in [5.41, 5.74) is 0. The van der Waals surface area contributed by atoms with Gasteiger partial charge in [-0.15, -0.1) is 18.2 Å². The molecule has 4 heteroatoms. The van der Waals surface area contributed by atoms with Gasteiger partial charge in [-0.05, 0) is 13.3 Å². The Morgan fingerprint density at radius 2 is 2.31 bits per heavy atom. The molecule has 16 heavy (non-hydrogen) atoms. The number of thioether (sulfide) groups is 1. The Labute approximate surface area is 103 Å². The highest BCUT2D eigenvalue weighted by Gasteiger charge is 2.17. The number of carbonyl (C=O) groups excluding carboxylic acids is 1. The van der Waals surface area contributed by atoms with Gasteiger partial charge < -0.3 is 10.1 Å². The molecule has 0 saturated carbocycles. The quantitative estimate of drug-likeness (QED) is 0.380. The van der Waals surface area contributed by atoms with Crippen molar-refractivity contribution in [1.82, 2.24) is 5.32 Å². The molecule has 1 N–H and O–H groups in total. The molecule has 0 aromatic carbocycles. The molecule has 0 aliphatic carbocycles. The van der Waals surface area contributed by atoms with Crippen molar-refractivity contribution in [3.05, 3.63) is 0 Å². The third-order valence-corrected chi connectivity index (χ3v) is 2.83. The van der Waals surface area contributed by atoms with E-state index >= 15 is 0 Å². The lowest BCUT2D eigenvalue weighted by Gasteiger charge is -2.16. The largest absolute Gasteiger partial charge is 0.465 e. The zero-order chi connectivity index (χ0) is 12.2. The van der Waals surface area contributed by atoms with Gasteiger partial charge in [0.15, 0.2) is 0 Å². The summed E-state index contributed by atoms with van der Waals surface area (Å²) in [6.45, 7) is 5.10. The first-order chi connectivity index (χ1) is 7.76. The van der Waals surface area contributed by atoms with Crippen LogP contribution in [0.3, 0.4) is 0 Å². The van der Waals surface area contributed by atoms with E-state index in [1.54, 1.807) is 11.8 Å². The molecule has 1 unspecified atom stereocenters. The van der Waals surface area contributed by atoms with Gasteiger partial charge in [-0.2, -0.15) is 0 Å². The second-order valence-electron chi connectivity index (χ2n) is 3.30. The zero-order valence-corrected chi connectivity index (χ0v) is 10.9. The summed E-state index contributed by atoms with van der Waals surface area (Å²) in [6.07, 6.45) is 6.93. The van der Waals surface area contributed by atoms with Gasteiger partial charge in [-0.3, -0.25) is 4.79 Å². The minimum absolute atomic E-state index is 0.147. The maximum atomic E-state index is 11.5. The summed E-state index contributed by atoms with van der Waals surface area (Å²) in [5.74, 6) is 4.06. The predicted molar refractivity (Wildman–Crippen MR) is 69.5 cm³/mol. The van der Waals surface area contributed by atoms with E-state index in [9.17, 15) is 4.79 Å². The normalized spacial score (nSPS) is 11.8. The maximum Gasteiger partial charge on any atom is 0.323 e. The molecular formula is C12H21NO2S. The van der Waals surface area contributed by atoms with E-state index < -0.39 is 0 Å². The van der Waals surface area contributed by atoms with Crippen molar-refractivity contribution >= 4 is 17.7 Å². The Balaban J connectivity index is 3.76. The smallest absolute Gasteiger partial charge is 0.323 e. The van der Waals surface area contributed by atoms with Crippen molar-refractivity contribution in [3.8, 4) is 12.3 Å². The van der Waals surface area contributed by atoms with Crippen LogP contribution in [-0.4, -0.2) is 36.7 Å². The lowest BCUT2D eigenvalue weighted by atomic mass is 10.2. The van der Waals surface area contributed by atoms with E-state index in [2.05, 4.69) is 18.2 Å². The monoisotopic (exact) mass is 243 g/mol. The molecule has 0 radical (unpaired) electrons. The average Bonchev–Trinajstić information content (AvgIpc) is 2.27. The highest BCUT2D eigenvalue weighted by Crippen LogP contribution is 2.01. The van der Waals surface area contributed by atoms with Crippen LogP contribution in [0.2, 0.25) is 0 Å². The van der Waals surface area contributed by atoms with Crippen LogP contribution in [0.5, 0.6) is 0 Å². The fourth-order valence-corrected chi connectivity index (χ4v) is 1.80. The molecule has 0 amide bonds. The lowest BCUT2D eigenvalue weighted by Crippen LogP contribution is -2.39. The third-order valence-electron chi connectivity index (χ3n) is 1.97. The first-order valence-corrected chi connectivity index (χ1v) is 6.82. The van der Waals surface area contributed by atoms with Gasteiger partial charge in [0.05, 0.1) is 12.4 Å². The Hall–Kier alpha value is -0.660. The molecule has 3 nitrogen and oxygen atoms in total. The SMILES string of the molecule is C#CCSCCNC(CCC)C(=O)OCC. The predicted octanol–water partition coefficient (Wildman–Crippen LogP) is 1.67. The molecule has 0 aromatic rings. The van der Waals surface area contributed by atoms with Crippen LogP contribution >= 0.6 is 11.8 Å². The van der Waals surface area contributed by atoms with Gasteiger partial charge in [0.1, 0.15) is 6.04 Å². The molecule has 1 atom stereocenters. The van der Waals surface area contributed by atoms with Gasteiger partial charge >= 0.3 is 5.97 Å². The second kappa shape index (κ2) is 10.8. The maximum absolute atomic E-state index is 11.5. The number of nitrogens with one attached hydrogen (secondary N) is 1. The van der Waals surface area contributed by atoms with Crippen molar-refractivity contribution in [2.75, 3.05) is 24.7 Å². The minimum atomic E-state index is -0.170. The number of hydrogen-bond acceptors (Lipinski definition) is 4. The molecule has 0 spiro atoms. The Kier molecular flexibility index (Phi) is 10.4. The van der Waals surface area contributed by atoms with Crippen LogP contribution in [0.4, 0.5) is 0 Å². The van der Waals surface area contributed by atoms with E-state index in [0.717, 1.165) is 30.9 Å². The number of rotatable bonds is 9. The van der Waals surface area contributed by atoms with Crippen LogP contribution < -0.4 is 5.32 Å². The van der Waals surface area contributed by atoms with E-state index in [-0.39, 0.29) is 12.0 Å². The Morgan fingerprint density at radius 3 is 2.88 bits per heavy atom. The highest BCUT2D eigenvalue weighted by atomic mass is 32.2. The van der Waals surface area contributed by atoms with Gasteiger partial charge in [0.2, 0.25) is 0 Å². The van der Waals surface area contributed by atoms with Crippen molar-refractivity contribution < 1.29 is 9.53 Å². The standard InChI is InChI=1S/C12H21NO2S/c1-4-7-11(12(14)15-6-3)13-8-10-16-9-5-2/h2,11,13H,4,6-10H2,1,3H3. The molecule has 0 aliphatic heterocycles. The first-order valence-electron chi connectivity index (χ1n) is 5.67. The zero-order valence-electron chi connectivity index (χ0n) is 10.1. The van der Waals surface area contributed by atoms with Crippen molar-refractivity contribution in [2.45, 2.75) is 32.7 Å². The Bertz CT molecular complexity index is 226. The molecule has 0 aromatic heterocycles. The van der Waals surface area contributed by atoms with E-state index in [1.165, 1.54) is 0 Å². The van der Waals surface area contributed by atoms with Crippen molar-refractivity contribution in [1.29, 1.82) is 0 Å². The number of carbonyl (C=O) groups is 1. The first kappa shape index (κ1) is 15.3. The van der Waals surface area contributed by atoms with Crippen molar-refractivity contribution in [3.63, 3.8) is 0 Å². The van der Waals surface area contributed by atoms with Crippen LogP contribution in [0.25, 0.3) is 0 Å². The number of terminal acetylenes is 1. The van der Waals surface area contributed by atoms with E-state index in [1.807, 2.05) is 6.92 Å². The second-order valence-corrected chi connectivity index (χ2v) is 4.41. The van der Waals surface area contributed by atoms with Crippen molar-refractivity contribution in [2.24, 2.45) is 0 Å². The lowest BCUT2D eigenvalue weighted by molar-refractivity contribution is -0.145. The van der Waals surface area contributed by atoms with E-state index in [0.29, 0.717) is 6.61 Å². The molecule has 0 heterocycles. The topological polar surface area (TPSA) is 38.3 Å². The molecule has 0 aliphatic rings. The Morgan fingerprint density at radius 1 is 1.56 bits per heavy atom.